The first-order valence-corrected chi connectivity index (χ1v) is 6.69. The van der Waals surface area contributed by atoms with E-state index in [2.05, 4.69) is 30.4 Å². The molecule has 2 N–H and O–H groups in total. The molecule has 0 radical (unpaired) electrons. The molecule has 1 amide bonds. The number of amides is 1. The maximum Gasteiger partial charge on any atom is 0.422 e. The number of carbonyl (C=O) groups is 1. The van der Waals surface area contributed by atoms with Gasteiger partial charge in [0.15, 0.2) is 6.61 Å². The molecule has 3 aromatic rings. The number of nitrogens with zero attached hydrogens (tertiary/aromatic N) is 3. The number of halogens is 3. The van der Waals surface area contributed by atoms with Crippen LogP contribution in [0.1, 0.15) is 10.5 Å². The van der Waals surface area contributed by atoms with Gasteiger partial charge in [0.25, 0.3) is 5.91 Å². The van der Waals surface area contributed by atoms with Crippen LogP contribution in [0.15, 0.2) is 36.4 Å². The van der Waals surface area contributed by atoms with Crippen LogP contribution >= 0.6 is 0 Å². The monoisotopic (exact) mass is 337 g/mol. The Kier molecular flexibility index (Phi) is 4.02. The minimum Gasteiger partial charge on any atom is -0.468 e. The molecule has 0 spiro atoms. The summed E-state index contributed by atoms with van der Waals surface area (Å²) in [5, 5.41) is 12.8. The molecule has 0 saturated carbocycles. The van der Waals surface area contributed by atoms with E-state index in [0.29, 0.717) is 16.7 Å². The van der Waals surface area contributed by atoms with Crippen LogP contribution in [-0.4, -0.2) is 39.1 Å². The Bertz CT molecular complexity index is 878. The molecule has 0 unspecified atom stereocenters. The molecule has 7 nitrogen and oxygen atoms in total. The van der Waals surface area contributed by atoms with E-state index >= 15 is 0 Å². The highest BCUT2D eigenvalue weighted by atomic mass is 19.4. The van der Waals surface area contributed by atoms with Crippen molar-refractivity contribution < 1.29 is 22.7 Å². The molecule has 0 aliphatic carbocycles. The molecule has 10 heteroatoms. The lowest BCUT2D eigenvalue weighted by Gasteiger charge is -2.09. The van der Waals surface area contributed by atoms with Crippen molar-refractivity contribution in [3.8, 4) is 5.88 Å². The van der Waals surface area contributed by atoms with Gasteiger partial charge in [0.1, 0.15) is 16.7 Å². The second-order valence-corrected chi connectivity index (χ2v) is 4.75. The first-order valence-electron chi connectivity index (χ1n) is 6.69. The summed E-state index contributed by atoms with van der Waals surface area (Å²) in [5.41, 5.74) is 1.57. The molecular weight excluding hydrogens is 327 g/mol. The SMILES string of the molecule is O=C(Nc1ccc2n[nH]nc2c1)c1cccc(OCC(F)(F)F)n1. The lowest BCUT2D eigenvalue weighted by atomic mass is 10.2. The van der Waals surface area contributed by atoms with Crippen molar-refractivity contribution in [1.82, 2.24) is 20.4 Å². The third kappa shape index (κ3) is 3.77. The fraction of sp³-hybridized carbons (Fsp3) is 0.143. The number of hydrogen-bond acceptors (Lipinski definition) is 5. The van der Waals surface area contributed by atoms with Gasteiger partial charge < -0.3 is 10.1 Å². The Morgan fingerprint density at radius 1 is 1.17 bits per heavy atom. The summed E-state index contributed by atoms with van der Waals surface area (Å²) < 4.78 is 41.0. The number of ether oxygens (including phenoxy) is 1. The lowest BCUT2D eigenvalue weighted by Crippen LogP contribution is -2.20. The number of aromatic nitrogens is 4. The van der Waals surface area contributed by atoms with E-state index in [1.54, 1.807) is 18.2 Å². The van der Waals surface area contributed by atoms with Gasteiger partial charge in [-0.2, -0.15) is 28.6 Å². The Labute approximate surface area is 132 Å². The highest BCUT2D eigenvalue weighted by Crippen LogP contribution is 2.18. The normalized spacial score (nSPS) is 11.5. The van der Waals surface area contributed by atoms with Crippen LogP contribution in [0.2, 0.25) is 0 Å². The van der Waals surface area contributed by atoms with Gasteiger partial charge in [0.05, 0.1) is 0 Å². The number of nitrogens with one attached hydrogen (secondary N) is 2. The molecule has 2 aromatic heterocycles. The van der Waals surface area contributed by atoms with Crippen LogP contribution in [0.4, 0.5) is 18.9 Å². The highest BCUT2D eigenvalue weighted by molar-refractivity contribution is 6.03. The number of alkyl halides is 3. The first kappa shape index (κ1) is 15.7. The van der Waals surface area contributed by atoms with Crippen molar-refractivity contribution in [3.05, 3.63) is 42.1 Å². The third-order valence-electron chi connectivity index (χ3n) is 2.91. The van der Waals surface area contributed by atoms with Crippen molar-refractivity contribution in [2.24, 2.45) is 0 Å². The molecular formula is C14H10F3N5O2. The van der Waals surface area contributed by atoms with Crippen LogP contribution in [-0.2, 0) is 0 Å². The predicted octanol–water partition coefficient (Wildman–Crippen LogP) is 2.55. The van der Waals surface area contributed by atoms with Crippen molar-refractivity contribution in [1.29, 1.82) is 0 Å². The zero-order valence-corrected chi connectivity index (χ0v) is 12.0. The van der Waals surface area contributed by atoms with Gasteiger partial charge in [-0.15, -0.1) is 0 Å². The quantitative estimate of drug-likeness (QED) is 0.763. The fourth-order valence-corrected chi connectivity index (χ4v) is 1.89. The summed E-state index contributed by atoms with van der Waals surface area (Å²) in [6.45, 7) is -1.48. The Morgan fingerprint density at radius 2 is 1.96 bits per heavy atom. The Morgan fingerprint density at radius 3 is 2.75 bits per heavy atom. The van der Waals surface area contributed by atoms with Gasteiger partial charge >= 0.3 is 6.18 Å². The number of hydrogen-bond donors (Lipinski definition) is 2. The third-order valence-corrected chi connectivity index (χ3v) is 2.91. The summed E-state index contributed by atoms with van der Waals surface area (Å²) in [5.74, 6) is -0.873. The minimum atomic E-state index is -4.48. The molecule has 1 aromatic carbocycles. The molecule has 0 saturated heterocycles. The zero-order chi connectivity index (χ0) is 17.2. The first-order chi connectivity index (χ1) is 11.4. The van der Waals surface area contributed by atoms with E-state index in [1.165, 1.54) is 18.2 Å². The predicted molar refractivity (Wildman–Crippen MR) is 77.6 cm³/mol. The number of aromatic amines is 1. The van der Waals surface area contributed by atoms with E-state index in [4.69, 9.17) is 0 Å². The maximum atomic E-state index is 12.1. The largest absolute Gasteiger partial charge is 0.468 e. The van der Waals surface area contributed by atoms with Crippen LogP contribution < -0.4 is 10.1 Å². The average Bonchev–Trinajstić information content (AvgIpc) is 3.00. The number of benzene rings is 1. The Balaban J connectivity index is 1.72. The Hall–Kier alpha value is -3.17. The highest BCUT2D eigenvalue weighted by Gasteiger charge is 2.28. The number of pyridine rings is 1. The van der Waals surface area contributed by atoms with Crippen LogP contribution in [0.3, 0.4) is 0 Å². The zero-order valence-electron chi connectivity index (χ0n) is 12.0. The smallest absolute Gasteiger partial charge is 0.422 e. The molecule has 24 heavy (non-hydrogen) atoms. The number of fused-ring (bicyclic) bond motifs is 1. The summed E-state index contributed by atoms with van der Waals surface area (Å²) in [6.07, 6.45) is -4.48. The molecule has 124 valence electrons. The van der Waals surface area contributed by atoms with Gasteiger partial charge in [0.2, 0.25) is 5.88 Å². The fourth-order valence-electron chi connectivity index (χ4n) is 1.89. The van der Waals surface area contributed by atoms with Crippen molar-refractivity contribution >= 4 is 22.6 Å². The van der Waals surface area contributed by atoms with E-state index in [-0.39, 0.29) is 11.6 Å². The van der Waals surface area contributed by atoms with Gasteiger partial charge in [-0.05, 0) is 24.3 Å². The summed E-state index contributed by atoms with van der Waals surface area (Å²) in [7, 11) is 0. The maximum absolute atomic E-state index is 12.1. The molecule has 3 rings (SSSR count). The van der Waals surface area contributed by atoms with E-state index in [0.717, 1.165) is 0 Å². The van der Waals surface area contributed by atoms with Gasteiger partial charge in [0, 0.05) is 11.8 Å². The van der Waals surface area contributed by atoms with Crippen LogP contribution in [0.25, 0.3) is 11.0 Å². The topological polar surface area (TPSA) is 92.8 Å². The second kappa shape index (κ2) is 6.14. The van der Waals surface area contributed by atoms with Crippen molar-refractivity contribution in [2.75, 3.05) is 11.9 Å². The standard InChI is InChI=1S/C14H10F3N5O2/c15-14(16,17)7-24-12-3-1-2-10(19-12)13(23)18-8-4-5-9-11(6-8)21-22-20-9/h1-6H,7H2,(H,18,23)(H,20,21,22). The molecule has 0 aliphatic heterocycles. The summed E-state index contributed by atoms with van der Waals surface area (Å²) >= 11 is 0. The molecule has 0 bridgehead atoms. The summed E-state index contributed by atoms with van der Waals surface area (Å²) in [6, 6.07) is 8.86. The molecule has 0 fully saturated rings. The minimum absolute atomic E-state index is 0.0741. The molecule has 2 heterocycles. The van der Waals surface area contributed by atoms with Crippen LogP contribution in [0, 0.1) is 0 Å². The number of carbonyl (C=O) groups excluding carboxylic acids is 1. The van der Waals surface area contributed by atoms with Crippen molar-refractivity contribution in [2.45, 2.75) is 6.18 Å². The van der Waals surface area contributed by atoms with Crippen LogP contribution in [0.5, 0.6) is 5.88 Å². The van der Waals surface area contributed by atoms with E-state index in [1.807, 2.05) is 0 Å². The number of rotatable bonds is 4. The number of H-pyrrole nitrogens is 1. The number of anilines is 1. The molecule has 0 aliphatic rings. The molecule has 0 atom stereocenters. The summed E-state index contributed by atoms with van der Waals surface area (Å²) in [4.78, 5) is 15.9. The van der Waals surface area contributed by atoms with E-state index < -0.39 is 18.7 Å². The van der Waals surface area contributed by atoms with Gasteiger partial charge in [-0.25, -0.2) is 4.98 Å². The van der Waals surface area contributed by atoms with Gasteiger partial charge in [-0.1, -0.05) is 6.07 Å². The van der Waals surface area contributed by atoms with Crippen molar-refractivity contribution in [3.63, 3.8) is 0 Å². The van der Waals surface area contributed by atoms with Gasteiger partial charge in [-0.3, -0.25) is 4.79 Å². The lowest BCUT2D eigenvalue weighted by molar-refractivity contribution is -0.154. The average molecular weight is 337 g/mol. The van der Waals surface area contributed by atoms with E-state index in [9.17, 15) is 18.0 Å². The second-order valence-electron chi connectivity index (χ2n) is 4.75.